The Morgan fingerprint density at radius 1 is 0.567 bits per heavy atom. The SMILES string of the molecule is Cc1ccc2c(c1)C=CC2.Cc1ccc2c(c1)CC=C2.Cc1ccc2c(c1)CC=N2. The minimum atomic E-state index is 1.01. The van der Waals surface area contributed by atoms with E-state index in [0.717, 1.165) is 24.9 Å². The molecule has 0 bridgehead atoms. The van der Waals surface area contributed by atoms with Crippen LogP contribution in [0.2, 0.25) is 0 Å². The molecule has 30 heavy (non-hydrogen) atoms. The zero-order chi connectivity index (χ0) is 20.9. The van der Waals surface area contributed by atoms with E-state index in [4.69, 9.17) is 0 Å². The van der Waals surface area contributed by atoms with Crippen LogP contribution in [0.1, 0.15) is 44.5 Å². The molecule has 3 aliphatic rings. The Morgan fingerprint density at radius 3 is 2.03 bits per heavy atom. The van der Waals surface area contributed by atoms with Gasteiger partial charge in [-0.05, 0) is 67.5 Å². The lowest BCUT2D eigenvalue weighted by molar-refractivity contribution is 1.28. The van der Waals surface area contributed by atoms with Crippen LogP contribution in [0.4, 0.5) is 5.69 Å². The predicted octanol–water partition coefficient (Wildman–Crippen LogP) is 7.38. The van der Waals surface area contributed by atoms with Crippen molar-refractivity contribution in [3.05, 3.63) is 111 Å². The van der Waals surface area contributed by atoms with E-state index in [1.807, 2.05) is 6.21 Å². The van der Waals surface area contributed by atoms with Gasteiger partial charge in [-0.15, -0.1) is 0 Å². The van der Waals surface area contributed by atoms with Crippen molar-refractivity contribution < 1.29 is 0 Å². The van der Waals surface area contributed by atoms with E-state index in [1.165, 1.54) is 44.5 Å². The van der Waals surface area contributed by atoms with E-state index in [9.17, 15) is 0 Å². The second kappa shape index (κ2) is 9.09. The maximum Gasteiger partial charge on any atom is 0.0661 e. The van der Waals surface area contributed by atoms with Crippen molar-refractivity contribution in [2.75, 3.05) is 0 Å². The largest absolute Gasteiger partial charge is 0.261 e. The molecular formula is C29H29N. The Hall–Kier alpha value is -3.19. The number of hydrogen-bond donors (Lipinski definition) is 0. The number of benzene rings is 3. The molecular weight excluding hydrogens is 362 g/mol. The fourth-order valence-electron chi connectivity index (χ4n) is 4.00. The minimum Gasteiger partial charge on any atom is -0.261 e. The highest BCUT2D eigenvalue weighted by Crippen LogP contribution is 2.24. The van der Waals surface area contributed by atoms with E-state index < -0.39 is 0 Å². The molecule has 2 aliphatic carbocycles. The summed E-state index contributed by atoms with van der Waals surface area (Å²) in [6.07, 6.45) is 14.0. The second-order valence-corrected chi connectivity index (χ2v) is 8.27. The van der Waals surface area contributed by atoms with Gasteiger partial charge in [0.2, 0.25) is 0 Å². The minimum absolute atomic E-state index is 1.01. The monoisotopic (exact) mass is 391 g/mol. The molecule has 0 radical (unpaired) electrons. The van der Waals surface area contributed by atoms with Crippen LogP contribution in [0, 0.1) is 20.8 Å². The highest BCUT2D eigenvalue weighted by molar-refractivity contribution is 5.75. The van der Waals surface area contributed by atoms with Gasteiger partial charge in [-0.1, -0.05) is 89.5 Å². The van der Waals surface area contributed by atoms with Gasteiger partial charge in [0, 0.05) is 12.6 Å². The maximum absolute atomic E-state index is 4.22. The molecule has 0 N–H and O–H groups in total. The molecule has 0 spiro atoms. The summed E-state index contributed by atoms with van der Waals surface area (Å²) in [5, 5.41) is 0. The molecule has 3 aromatic rings. The van der Waals surface area contributed by atoms with Gasteiger partial charge in [-0.3, -0.25) is 4.99 Å². The third kappa shape index (κ3) is 4.86. The average Bonchev–Trinajstić information content (AvgIpc) is 3.48. The van der Waals surface area contributed by atoms with Crippen LogP contribution in [-0.2, 0) is 19.3 Å². The first kappa shape index (κ1) is 20.1. The number of rotatable bonds is 0. The van der Waals surface area contributed by atoms with Crippen LogP contribution < -0.4 is 0 Å². The summed E-state index contributed by atoms with van der Waals surface area (Å²) >= 11 is 0. The first-order valence-electron chi connectivity index (χ1n) is 10.7. The summed E-state index contributed by atoms with van der Waals surface area (Å²) in [6, 6.07) is 19.6. The van der Waals surface area contributed by atoms with Gasteiger partial charge in [-0.25, -0.2) is 0 Å². The van der Waals surface area contributed by atoms with Crippen molar-refractivity contribution in [1.29, 1.82) is 0 Å². The summed E-state index contributed by atoms with van der Waals surface area (Å²) < 4.78 is 0. The quantitative estimate of drug-likeness (QED) is 0.379. The number of allylic oxidation sites excluding steroid dienone is 2. The van der Waals surface area contributed by atoms with Crippen LogP contribution in [0.5, 0.6) is 0 Å². The van der Waals surface area contributed by atoms with Gasteiger partial charge >= 0.3 is 0 Å². The molecule has 0 saturated carbocycles. The lowest BCUT2D eigenvalue weighted by Crippen LogP contribution is -1.81. The third-order valence-electron chi connectivity index (χ3n) is 5.65. The molecule has 1 nitrogen and oxygen atoms in total. The van der Waals surface area contributed by atoms with Crippen LogP contribution >= 0.6 is 0 Å². The van der Waals surface area contributed by atoms with E-state index in [2.05, 4.69) is 105 Å². The number of aryl methyl sites for hydroxylation is 3. The molecule has 6 rings (SSSR count). The lowest BCUT2D eigenvalue weighted by Gasteiger charge is -1.98. The van der Waals surface area contributed by atoms with E-state index in [1.54, 1.807) is 0 Å². The molecule has 1 heteroatoms. The standard InChI is InChI=1S/2C10H10.C9H9N/c2*1-8-5-6-9-3-2-4-10(9)7-8;1-7-2-3-9-8(6-7)4-5-10-9/h2,4-7H,3H2,1H3;2-3,5-7H,4H2,1H3;2-3,5-6H,4H2,1H3. The molecule has 0 aromatic heterocycles. The smallest absolute Gasteiger partial charge is 0.0661 e. The molecule has 150 valence electrons. The average molecular weight is 392 g/mol. The van der Waals surface area contributed by atoms with Crippen molar-refractivity contribution in [3.8, 4) is 0 Å². The molecule has 0 unspecified atom stereocenters. The van der Waals surface area contributed by atoms with E-state index >= 15 is 0 Å². The number of nitrogens with zero attached hydrogens (tertiary/aromatic N) is 1. The fourth-order valence-corrected chi connectivity index (χ4v) is 4.00. The first-order chi connectivity index (χ1) is 14.6. The summed E-state index contributed by atoms with van der Waals surface area (Å²) in [5.41, 5.74) is 12.3. The highest BCUT2D eigenvalue weighted by Gasteiger charge is 2.04. The summed E-state index contributed by atoms with van der Waals surface area (Å²) in [5.74, 6) is 0. The Kier molecular flexibility index (Phi) is 6.09. The van der Waals surface area contributed by atoms with Gasteiger partial charge < -0.3 is 0 Å². The normalized spacial score (nSPS) is 13.7. The van der Waals surface area contributed by atoms with Crippen LogP contribution in [0.3, 0.4) is 0 Å². The van der Waals surface area contributed by atoms with Gasteiger partial charge in [-0.2, -0.15) is 0 Å². The highest BCUT2D eigenvalue weighted by atomic mass is 14.7. The molecule has 1 heterocycles. The molecule has 0 saturated heterocycles. The Labute approximate surface area is 180 Å². The van der Waals surface area contributed by atoms with Gasteiger partial charge in [0.1, 0.15) is 0 Å². The van der Waals surface area contributed by atoms with Crippen molar-refractivity contribution in [3.63, 3.8) is 0 Å². The molecule has 0 amide bonds. The van der Waals surface area contributed by atoms with Crippen molar-refractivity contribution in [1.82, 2.24) is 0 Å². The van der Waals surface area contributed by atoms with E-state index in [-0.39, 0.29) is 0 Å². The van der Waals surface area contributed by atoms with Crippen LogP contribution in [-0.4, -0.2) is 6.21 Å². The summed E-state index contributed by atoms with van der Waals surface area (Å²) in [6.45, 7) is 6.38. The van der Waals surface area contributed by atoms with Crippen LogP contribution in [0.15, 0.2) is 71.7 Å². The zero-order valence-electron chi connectivity index (χ0n) is 18.2. The Bertz CT molecular complexity index is 1080. The summed E-state index contributed by atoms with van der Waals surface area (Å²) in [7, 11) is 0. The Morgan fingerprint density at radius 2 is 1.20 bits per heavy atom. The van der Waals surface area contributed by atoms with Gasteiger partial charge in [0.05, 0.1) is 5.69 Å². The molecule has 0 atom stereocenters. The zero-order valence-corrected chi connectivity index (χ0v) is 18.2. The van der Waals surface area contributed by atoms with Crippen molar-refractivity contribution >= 4 is 24.1 Å². The van der Waals surface area contributed by atoms with Crippen molar-refractivity contribution in [2.45, 2.75) is 40.0 Å². The maximum atomic E-state index is 4.22. The Balaban J connectivity index is 0.000000109. The number of aliphatic imine (C=N–C) groups is 1. The number of hydrogen-bond acceptors (Lipinski definition) is 1. The molecule has 3 aromatic carbocycles. The first-order valence-corrected chi connectivity index (χ1v) is 10.7. The molecule has 1 aliphatic heterocycles. The van der Waals surface area contributed by atoms with Crippen molar-refractivity contribution in [2.24, 2.45) is 4.99 Å². The third-order valence-corrected chi connectivity index (χ3v) is 5.65. The van der Waals surface area contributed by atoms with Gasteiger partial charge in [0.15, 0.2) is 0 Å². The summed E-state index contributed by atoms with van der Waals surface area (Å²) in [4.78, 5) is 4.22. The lowest BCUT2D eigenvalue weighted by atomic mass is 10.1. The van der Waals surface area contributed by atoms with Crippen LogP contribution in [0.25, 0.3) is 12.2 Å². The van der Waals surface area contributed by atoms with E-state index in [0.29, 0.717) is 0 Å². The molecule has 0 fully saturated rings. The topological polar surface area (TPSA) is 12.4 Å². The number of fused-ring (bicyclic) bond motifs is 3. The predicted molar refractivity (Wildman–Crippen MR) is 131 cm³/mol. The fraction of sp³-hybridized carbons (Fsp3) is 0.207. The van der Waals surface area contributed by atoms with Gasteiger partial charge in [0.25, 0.3) is 0 Å². The second-order valence-electron chi connectivity index (χ2n) is 8.27.